The summed E-state index contributed by atoms with van der Waals surface area (Å²) in [5.74, 6) is -2.10. The van der Waals surface area contributed by atoms with E-state index >= 15 is 0 Å². The van der Waals surface area contributed by atoms with Gasteiger partial charge in [0.25, 0.3) is 0 Å². The predicted octanol–water partition coefficient (Wildman–Crippen LogP) is 1.06. The number of hydrogen-bond donors (Lipinski definition) is 2. The number of aliphatic imine (C=N–C) groups is 1. The van der Waals surface area contributed by atoms with Crippen LogP contribution < -0.4 is 11.5 Å². The van der Waals surface area contributed by atoms with E-state index in [9.17, 15) is 4.79 Å². The highest BCUT2D eigenvalue weighted by Gasteiger charge is 2.18. The second-order valence-electron chi connectivity index (χ2n) is 2.98. The molecule has 0 aliphatic carbocycles. The molecule has 0 saturated heterocycles. The van der Waals surface area contributed by atoms with Crippen LogP contribution in [0.3, 0.4) is 0 Å². The third kappa shape index (κ3) is 3.07. The normalized spacial score (nSPS) is 12.9. The van der Waals surface area contributed by atoms with Gasteiger partial charge in [0.2, 0.25) is 5.91 Å². The van der Waals surface area contributed by atoms with Gasteiger partial charge in [0, 0.05) is 4.47 Å². The number of benzene rings is 1. The van der Waals surface area contributed by atoms with Crippen molar-refractivity contribution in [2.75, 3.05) is 0 Å². The van der Waals surface area contributed by atoms with Crippen molar-refractivity contribution in [3.63, 3.8) is 0 Å². The Balaban J connectivity index is 2.96. The van der Waals surface area contributed by atoms with Gasteiger partial charge in [-0.15, -0.1) is 0 Å². The molecule has 4 N–H and O–H groups in total. The molecular formula is C10H9BrN4O. The smallest absolute Gasteiger partial charge is 0.242 e. The molecule has 1 rings (SSSR count). The standard InChI is InChI=1S/C10H9BrN4O/c11-6-1-3-7(4-2-6)15-9(13)8(5-12)10(14)16/h1-4,8H,(H2,13,15)(H2,14,16). The molecule has 1 aromatic carbocycles. The minimum absolute atomic E-state index is 0.0997. The largest absolute Gasteiger partial charge is 0.386 e. The molecule has 0 spiro atoms. The molecule has 0 fully saturated rings. The number of carbonyl (C=O) groups excluding carboxylic acids is 1. The average Bonchev–Trinajstić information content (AvgIpc) is 2.22. The Hall–Kier alpha value is -1.87. The molecule has 0 aliphatic rings. The highest BCUT2D eigenvalue weighted by atomic mass is 79.9. The zero-order valence-electron chi connectivity index (χ0n) is 8.22. The Kier molecular flexibility index (Phi) is 4.03. The average molecular weight is 281 g/mol. The van der Waals surface area contributed by atoms with Crippen LogP contribution in [0.1, 0.15) is 0 Å². The van der Waals surface area contributed by atoms with E-state index in [-0.39, 0.29) is 5.84 Å². The van der Waals surface area contributed by atoms with Crippen molar-refractivity contribution in [1.29, 1.82) is 5.26 Å². The van der Waals surface area contributed by atoms with Gasteiger partial charge < -0.3 is 11.5 Å². The summed E-state index contributed by atoms with van der Waals surface area (Å²) >= 11 is 3.27. The monoisotopic (exact) mass is 280 g/mol. The molecule has 0 heterocycles. The minimum atomic E-state index is -1.19. The van der Waals surface area contributed by atoms with E-state index in [4.69, 9.17) is 16.7 Å². The fourth-order valence-corrected chi connectivity index (χ4v) is 1.27. The summed E-state index contributed by atoms with van der Waals surface area (Å²) in [6.45, 7) is 0. The highest BCUT2D eigenvalue weighted by Crippen LogP contribution is 2.17. The molecule has 82 valence electrons. The molecule has 5 nitrogen and oxygen atoms in total. The number of hydrogen-bond acceptors (Lipinski definition) is 3. The molecule has 6 heteroatoms. The number of amides is 1. The molecule has 0 saturated carbocycles. The van der Waals surface area contributed by atoms with E-state index in [0.29, 0.717) is 5.69 Å². The summed E-state index contributed by atoms with van der Waals surface area (Å²) in [7, 11) is 0. The van der Waals surface area contributed by atoms with Gasteiger partial charge in [0.1, 0.15) is 5.84 Å². The number of amidine groups is 1. The van der Waals surface area contributed by atoms with Crippen LogP contribution >= 0.6 is 15.9 Å². The van der Waals surface area contributed by atoms with Crippen LogP contribution in [0, 0.1) is 17.2 Å². The van der Waals surface area contributed by atoms with Crippen molar-refractivity contribution in [2.24, 2.45) is 22.4 Å². The number of halogens is 1. The van der Waals surface area contributed by atoms with Gasteiger partial charge >= 0.3 is 0 Å². The lowest BCUT2D eigenvalue weighted by Crippen LogP contribution is -2.34. The molecule has 0 radical (unpaired) electrons. The van der Waals surface area contributed by atoms with Gasteiger partial charge in [-0.3, -0.25) is 4.79 Å². The van der Waals surface area contributed by atoms with E-state index in [0.717, 1.165) is 4.47 Å². The number of carbonyl (C=O) groups is 1. The molecule has 0 bridgehead atoms. The maximum Gasteiger partial charge on any atom is 0.242 e. The molecule has 1 amide bonds. The Morgan fingerprint density at radius 2 is 1.94 bits per heavy atom. The van der Waals surface area contributed by atoms with Crippen molar-refractivity contribution in [3.8, 4) is 6.07 Å². The van der Waals surface area contributed by atoms with E-state index in [1.165, 1.54) is 0 Å². The number of nitrogens with two attached hydrogens (primary N) is 2. The second kappa shape index (κ2) is 5.28. The van der Waals surface area contributed by atoms with Crippen LogP contribution in [0.4, 0.5) is 5.69 Å². The third-order valence-electron chi connectivity index (χ3n) is 1.79. The van der Waals surface area contributed by atoms with Gasteiger partial charge in [0.15, 0.2) is 5.92 Å². The lowest BCUT2D eigenvalue weighted by molar-refractivity contribution is -0.118. The Morgan fingerprint density at radius 3 is 2.38 bits per heavy atom. The van der Waals surface area contributed by atoms with E-state index in [1.54, 1.807) is 30.3 Å². The van der Waals surface area contributed by atoms with Crippen LogP contribution in [-0.2, 0) is 4.79 Å². The van der Waals surface area contributed by atoms with Crippen LogP contribution in [0.2, 0.25) is 0 Å². The number of nitriles is 1. The van der Waals surface area contributed by atoms with Gasteiger partial charge in [-0.1, -0.05) is 15.9 Å². The summed E-state index contributed by atoms with van der Waals surface area (Å²) in [6, 6.07) is 8.65. The van der Waals surface area contributed by atoms with Crippen LogP contribution in [-0.4, -0.2) is 11.7 Å². The van der Waals surface area contributed by atoms with Gasteiger partial charge in [0.05, 0.1) is 11.8 Å². The minimum Gasteiger partial charge on any atom is -0.386 e. The maximum atomic E-state index is 10.8. The zero-order valence-corrected chi connectivity index (χ0v) is 9.81. The van der Waals surface area contributed by atoms with Crippen molar-refractivity contribution in [1.82, 2.24) is 0 Å². The first-order valence-corrected chi connectivity index (χ1v) is 5.12. The zero-order chi connectivity index (χ0) is 12.1. The fraction of sp³-hybridized carbons (Fsp3) is 0.100. The van der Waals surface area contributed by atoms with Gasteiger partial charge in [-0.2, -0.15) is 5.26 Å². The number of nitrogens with zero attached hydrogens (tertiary/aromatic N) is 2. The summed E-state index contributed by atoms with van der Waals surface area (Å²) in [4.78, 5) is 14.8. The topological polar surface area (TPSA) is 105 Å². The lowest BCUT2D eigenvalue weighted by Gasteiger charge is -2.03. The van der Waals surface area contributed by atoms with E-state index in [2.05, 4.69) is 20.9 Å². The summed E-state index contributed by atoms with van der Waals surface area (Å²) < 4.78 is 0.900. The molecule has 0 aliphatic heterocycles. The molecule has 1 unspecified atom stereocenters. The molecule has 1 aromatic rings. The Bertz CT molecular complexity index is 461. The van der Waals surface area contributed by atoms with Crippen molar-refractivity contribution in [3.05, 3.63) is 28.7 Å². The van der Waals surface area contributed by atoms with Crippen LogP contribution in [0.5, 0.6) is 0 Å². The third-order valence-corrected chi connectivity index (χ3v) is 2.32. The first kappa shape index (κ1) is 12.2. The summed E-state index contributed by atoms with van der Waals surface area (Å²) in [6.07, 6.45) is 0. The molecule has 1 atom stereocenters. The highest BCUT2D eigenvalue weighted by molar-refractivity contribution is 9.10. The van der Waals surface area contributed by atoms with Crippen molar-refractivity contribution >= 4 is 33.4 Å². The summed E-state index contributed by atoms with van der Waals surface area (Å²) in [5.41, 5.74) is 11.1. The SMILES string of the molecule is N#CC(C(N)=O)C(N)=Nc1ccc(Br)cc1. The van der Waals surface area contributed by atoms with E-state index in [1.807, 2.05) is 0 Å². The van der Waals surface area contributed by atoms with Crippen LogP contribution in [0.25, 0.3) is 0 Å². The lowest BCUT2D eigenvalue weighted by atomic mass is 10.1. The van der Waals surface area contributed by atoms with Crippen molar-refractivity contribution in [2.45, 2.75) is 0 Å². The number of rotatable bonds is 3. The van der Waals surface area contributed by atoms with Crippen LogP contribution in [0.15, 0.2) is 33.7 Å². The quantitative estimate of drug-likeness (QED) is 0.639. The molecule has 0 aromatic heterocycles. The van der Waals surface area contributed by atoms with Gasteiger partial charge in [-0.05, 0) is 24.3 Å². The predicted molar refractivity (Wildman–Crippen MR) is 63.7 cm³/mol. The first-order chi connectivity index (χ1) is 7.54. The Morgan fingerprint density at radius 1 is 1.38 bits per heavy atom. The maximum absolute atomic E-state index is 10.8. The Labute approximate surface area is 101 Å². The van der Waals surface area contributed by atoms with E-state index < -0.39 is 11.8 Å². The van der Waals surface area contributed by atoms with Gasteiger partial charge in [-0.25, -0.2) is 4.99 Å². The first-order valence-electron chi connectivity index (χ1n) is 4.33. The fourth-order valence-electron chi connectivity index (χ4n) is 1.00. The number of primary amides is 1. The molecular weight excluding hydrogens is 272 g/mol. The van der Waals surface area contributed by atoms with Crippen molar-refractivity contribution < 1.29 is 4.79 Å². The summed E-state index contributed by atoms with van der Waals surface area (Å²) in [5, 5.41) is 8.67. The molecule has 16 heavy (non-hydrogen) atoms. The second-order valence-corrected chi connectivity index (χ2v) is 3.89.